The Balaban J connectivity index is 1.30. The van der Waals surface area contributed by atoms with E-state index in [1.807, 2.05) is 24.3 Å². The third-order valence-corrected chi connectivity index (χ3v) is 8.52. The summed E-state index contributed by atoms with van der Waals surface area (Å²) in [5, 5.41) is 12.1. The first-order valence-electron chi connectivity index (χ1n) is 14.7. The number of carbonyl (C=O) groups excluding carboxylic acids is 2. The molecule has 2 amide bonds. The lowest BCUT2D eigenvalue weighted by molar-refractivity contribution is -0.276. The quantitative estimate of drug-likeness (QED) is 0.475. The molecule has 3 aliphatic rings. The largest absolute Gasteiger partial charge is 0.471 e. The first kappa shape index (κ1) is 30.5. The number of carbonyl (C=O) groups is 2. The van der Waals surface area contributed by atoms with Gasteiger partial charge in [-0.05, 0) is 62.0 Å². The highest BCUT2D eigenvalue weighted by atomic mass is 19.4. The van der Waals surface area contributed by atoms with Crippen LogP contribution in [-0.4, -0.2) is 71.2 Å². The summed E-state index contributed by atoms with van der Waals surface area (Å²) in [5.41, 5.74) is 2.96. The molecule has 2 N–H and O–H groups in total. The molecule has 3 aliphatic heterocycles. The van der Waals surface area contributed by atoms with E-state index in [0.717, 1.165) is 36.3 Å². The van der Waals surface area contributed by atoms with E-state index in [-0.39, 0.29) is 37.7 Å². The second-order valence-corrected chi connectivity index (χ2v) is 11.4. The summed E-state index contributed by atoms with van der Waals surface area (Å²) < 4.78 is 52.0. The number of alkyl halides is 3. The van der Waals surface area contributed by atoms with Crippen molar-refractivity contribution in [2.75, 3.05) is 31.5 Å². The van der Waals surface area contributed by atoms with Gasteiger partial charge in [-0.3, -0.25) is 9.59 Å². The van der Waals surface area contributed by atoms with Gasteiger partial charge >= 0.3 is 12.1 Å². The number of rotatable bonds is 7. The SMILES string of the molecule is C[C@H]1[C@@H](CN2CCCCC2)O[C@@H](c2ccc(NC(=O)[C@@H]3CCCN3C(=O)C(F)(F)F)cc2)O[C@H]1c1ccc(CO)cc1. The maximum atomic E-state index is 13.0. The number of hydrogen-bond donors (Lipinski definition) is 2. The summed E-state index contributed by atoms with van der Waals surface area (Å²) >= 11 is 0. The van der Waals surface area contributed by atoms with E-state index in [0.29, 0.717) is 17.0 Å². The Morgan fingerprint density at radius 1 is 0.929 bits per heavy atom. The van der Waals surface area contributed by atoms with E-state index in [1.165, 1.54) is 19.3 Å². The van der Waals surface area contributed by atoms with Crippen LogP contribution in [0.2, 0.25) is 0 Å². The lowest BCUT2D eigenvalue weighted by Gasteiger charge is -2.43. The van der Waals surface area contributed by atoms with Gasteiger partial charge in [0.05, 0.1) is 18.8 Å². The normalized spacial score (nSPS) is 27.2. The maximum absolute atomic E-state index is 13.0. The predicted octanol–water partition coefficient (Wildman–Crippen LogP) is 4.95. The molecule has 2 aromatic rings. The summed E-state index contributed by atoms with van der Waals surface area (Å²) in [6.45, 7) is 4.85. The van der Waals surface area contributed by atoms with Crippen LogP contribution in [0.3, 0.4) is 0 Å². The third-order valence-electron chi connectivity index (χ3n) is 8.52. The number of likely N-dealkylation sites (tertiary alicyclic amines) is 2. The minimum atomic E-state index is -5.02. The number of nitrogens with one attached hydrogen (secondary N) is 1. The number of nitrogens with zero attached hydrogens (tertiary/aromatic N) is 2. The number of piperidine rings is 1. The van der Waals surface area contributed by atoms with Gasteiger partial charge in [0.1, 0.15) is 6.04 Å². The highest BCUT2D eigenvalue weighted by molar-refractivity contribution is 5.98. The molecule has 0 unspecified atom stereocenters. The topological polar surface area (TPSA) is 91.3 Å². The van der Waals surface area contributed by atoms with Crippen molar-refractivity contribution in [3.8, 4) is 0 Å². The first-order valence-corrected chi connectivity index (χ1v) is 14.7. The van der Waals surface area contributed by atoms with Crippen LogP contribution in [0.15, 0.2) is 48.5 Å². The van der Waals surface area contributed by atoms with Gasteiger partial charge in [-0.15, -0.1) is 0 Å². The average molecular weight is 590 g/mol. The van der Waals surface area contributed by atoms with Gasteiger partial charge in [0, 0.05) is 30.3 Å². The lowest BCUT2D eigenvalue weighted by Crippen LogP contribution is -2.48. The summed E-state index contributed by atoms with van der Waals surface area (Å²) in [4.78, 5) is 27.6. The highest BCUT2D eigenvalue weighted by Gasteiger charge is 2.47. The molecule has 42 heavy (non-hydrogen) atoms. The summed E-state index contributed by atoms with van der Waals surface area (Å²) in [6.07, 6.45) is -1.95. The summed E-state index contributed by atoms with van der Waals surface area (Å²) in [7, 11) is 0. The van der Waals surface area contributed by atoms with Crippen molar-refractivity contribution in [3.63, 3.8) is 0 Å². The molecule has 2 aromatic carbocycles. The predicted molar refractivity (Wildman–Crippen MR) is 149 cm³/mol. The molecular weight excluding hydrogens is 551 g/mol. The molecule has 5 atom stereocenters. The third kappa shape index (κ3) is 6.96. The number of halogens is 3. The molecular formula is C31H38F3N3O5. The number of aliphatic hydroxyl groups is 1. The van der Waals surface area contributed by atoms with Gasteiger partial charge in [-0.2, -0.15) is 13.2 Å². The molecule has 5 rings (SSSR count). The molecule has 0 aromatic heterocycles. The average Bonchev–Trinajstić information content (AvgIpc) is 3.48. The van der Waals surface area contributed by atoms with Crippen molar-refractivity contribution in [2.24, 2.45) is 5.92 Å². The van der Waals surface area contributed by atoms with Crippen molar-refractivity contribution < 1.29 is 37.3 Å². The zero-order valence-electron chi connectivity index (χ0n) is 23.7. The van der Waals surface area contributed by atoms with Gasteiger partial charge < -0.3 is 29.7 Å². The fourth-order valence-electron chi connectivity index (χ4n) is 6.12. The lowest BCUT2D eigenvalue weighted by atomic mass is 9.89. The van der Waals surface area contributed by atoms with Crippen LogP contribution < -0.4 is 5.32 Å². The standard InChI is InChI=1S/C31H38F3N3O5/c1-20-26(18-36-15-3-2-4-16-36)41-29(42-27(20)22-9-7-21(19-38)8-10-22)23-11-13-24(14-12-23)35-28(39)25-6-5-17-37(25)30(40)31(32,33)34/h7-14,20,25-27,29,38H,2-6,15-19H2,1H3,(H,35,39)/t20-,25-,26+,27+,29+/m0/s1. The van der Waals surface area contributed by atoms with Crippen molar-refractivity contribution in [1.82, 2.24) is 9.80 Å². The molecule has 228 valence electrons. The van der Waals surface area contributed by atoms with Gasteiger partial charge in [0.2, 0.25) is 5.91 Å². The highest BCUT2D eigenvalue weighted by Crippen LogP contribution is 2.42. The second kappa shape index (κ2) is 13.1. The monoisotopic (exact) mass is 589 g/mol. The first-order chi connectivity index (χ1) is 20.1. The van der Waals surface area contributed by atoms with E-state index in [2.05, 4.69) is 17.1 Å². The van der Waals surface area contributed by atoms with E-state index in [1.54, 1.807) is 24.3 Å². The van der Waals surface area contributed by atoms with Crippen LogP contribution in [0.1, 0.15) is 68.1 Å². The Hall–Kier alpha value is -2.99. The molecule has 0 spiro atoms. The van der Waals surface area contributed by atoms with E-state index in [4.69, 9.17) is 9.47 Å². The number of benzene rings is 2. The van der Waals surface area contributed by atoms with E-state index >= 15 is 0 Å². The molecule has 3 fully saturated rings. The smallest absolute Gasteiger partial charge is 0.392 e. The molecule has 0 bridgehead atoms. The van der Waals surface area contributed by atoms with Crippen LogP contribution in [0.4, 0.5) is 18.9 Å². The molecule has 0 aliphatic carbocycles. The molecule has 8 nitrogen and oxygen atoms in total. The Morgan fingerprint density at radius 3 is 2.24 bits per heavy atom. The van der Waals surface area contributed by atoms with E-state index < -0.39 is 30.3 Å². The fraction of sp³-hybridized carbons (Fsp3) is 0.548. The zero-order chi connectivity index (χ0) is 29.9. The number of amides is 2. The molecule has 0 radical (unpaired) electrons. The summed E-state index contributed by atoms with van der Waals surface area (Å²) in [6, 6.07) is 13.4. The Bertz CT molecular complexity index is 1220. The number of hydrogen-bond acceptors (Lipinski definition) is 6. The van der Waals surface area contributed by atoms with Crippen molar-refractivity contribution >= 4 is 17.5 Å². The number of aliphatic hydroxyl groups excluding tert-OH is 1. The van der Waals surface area contributed by atoms with Crippen LogP contribution in [0.5, 0.6) is 0 Å². The van der Waals surface area contributed by atoms with Crippen molar-refractivity contribution in [2.45, 2.75) is 76.4 Å². The zero-order valence-corrected chi connectivity index (χ0v) is 23.7. The number of anilines is 1. The van der Waals surface area contributed by atoms with Crippen LogP contribution in [0, 0.1) is 5.92 Å². The molecule has 3 saturated heterocycles. The molecule has 0 saturated carbocycles. The van der Waals surface area contributed by atoms with Gasteiger partial charge in [-0.25, -0.2) is 0 Å². The summed E-state index contributed by atoms with van der Waals surface area (Å²) in [5.74, 6) is -2.57. The Kier molecular flexibility index (Phi) is 9.51. The minimum absolute atomic E-state index is 0.0367. The van der Waals surface area contributed by atoms with Crippen molar-refractivity contribution in [1.29, 1.82) is 0 Å². The van der Waals surface area contributed by atoms with Crippen molar-refractivity contribution in [3.05, 3.63) is 65.2 Å². The van der Waals surface area contributed by atoms with Crippen LogP contribution in [0.25, 0.3) is 0 Å². The van der Waals surface area contributed by atoms with Crippen LogP contribution in [-0.2, 0) is 25.7 Å². The fourth-order valence-corrected chi connectivity index (χ4v) is 6.12. The minimum Gasteiger partial charge on any atom is -0.392 e. The van der Waals surface area contributed by atoms with Gasteiger partial charge in [0.25, 0.3) is 0 Å². The Morgan fingerprint density at radius 2 is 1.60 bits per heavy atom. The van der Waals surface area contributed by atoms with Crippen LogP contribution >= 0.6 is 0 Å². The van der Waals surface area contributed by atoms with E-state index in [9.17, 15) is 27.9 Å². The van der Waals surface area contributed by atoms with Gasteiger partial charge in [0.15, 0.2) is 6.29 Å². The second-order valence-electron chi connectivity index (χ2n) is 11.4. The maximum Gasteiger partial charge on any atom is 0.471 e. The molecule has 11 heteroatoms. The Labute approximate surface area is 243 Å². The molecule has 3 heterocycles. The van der Waals surface area contributed by atoms with Gasteiger partial charge in [-0.1, -0.05) is 49.7 Å². The number of ether oxygens (including phenoxy) is 2.